The molecule has 0 aromatic carbocycles. The van der Waals surface area contributed by atoms with Gasteiger partial charge in [-0.1, -0.05) is 37.2 Å². The molecule has 0 aliphatic rings. The summed E-state index contributed by atoms with van der Waals surface area (Å²) in [6.45, 7) is 6.75. The maximum atomic E-state index is 12.5. The van der Waals surface area contributed by atoms with Crippen molar-refractivity contribution < 1.29 is 9.21 Å². The lowest BCUT2D eigenvalue weighted by atomic mass is 10.2. The van der Waals surface area contributed by atoms with Gasteiger partial charge in [-0.2, -0.15) is 0 Å². The van der Waals surface area contributed by atoms with Gasteiger partial charge in [0.15, 0.2) is 21.9 Å². The molecule has 0 fully saturated rings. The number of carbonyl (C=O) groups is 1. The number of hydrogen-bond donors (Lipinski definition) is 1. The van der Waals surface area contributed by atoms with E-state index in [9.17, 15) is 4.79 Å². The standard InChI is InChI=1S/C18H20ClN5O2S/c1-11(2)10-24-16(14-7-5-9-26-14)22-23-18(24)27-12(3)17(25)21-13-6-4-8-20-15(13)19/h4-9,11-12H,10H2,1-3H3,(H,21,25). The van der Waals surface area contributed by atoms with Gasteiger partial charge in [-0.05, 0) is 37.1 Å². The topological polar surface area (TPSA) is 85.8 Å². The molecule has 0 aliphatic carbocycles. The smallest absolute Gasteiger partial charge is 0.237 e. The molecule has 3 rings (SSSR count). The third kappa shape index (κ3) is 4.70. The Balaban J connectivity index is 1.78. The Morgan fingerprint density at radius 2 is 2.11 bits per heavy atom. The molecule has 1 amide bonds. The van der Waals surface area contributed by atoms with Crippen LogP contribution in [0.2, 0.25) is 5.15 Å². The SMILES string of the molecule is CC(C)Cn1c(SC(C)C(=O)Nc2cccnc2Cl)nnc1-c1ccco1. The Labute approximate surface area is 166 Å². The van der Waals surface area contributed by atoms with Crippen LogP contribution in [0.3, 0.4) is 0 Å². The lowest BCUT2D eigenvalue weighted by Gasteiger charge is -2.15. The van der Waals surface area contributed by atoms with E-state index in [2.05, 4.69) is 34.3 Å². The molecule has 0 bridgehead atoms. The van der Waals surface area contributed by atoms with Crippen molar-refractivity contribution in [3.63, 3.8) is 0 Å². The molecule has 142 valence electrons. The Morgan fingerprint density at radius 3 is 2.78 bits per heavy atom. The summed E-state index contributed by atoms with van der Waals surface area (Å²) in [6, 6.07) is 7.08. The number of aromatic nitrogens is 4. The molecular formula is C18H20ClN5O2S. The number of nitrogens with one attached hydrogen (secondary N) is 1. The molecule has 0 aliphatic heterocycles. The summed E-state index contributed by atoms with van der Waals surface area (Å²) in [5.41, 5.74) is 0.483. The highest BCUT2D eigenvalue weighted by Crippen LogP contribution is 2.29. The quantitative estimate of drug-likeness (QED) is 0.464. The van der Waals surface area contributed by atoms with Crippen molar-refractivity contribution in [1.82, 2.24) is 19.7 Å². The van der Waals surface area contributed by atoms with Crippen LogP contribution in [0.1, 0.15) is 20.8 Å². The zero-order valence-electron chi connectivity index (χ0n) is 15.2. The second-order valence-corrected chi connectivity index (χ2v) is 8.05. The first kappa shape index (κ1) is 19.4. The van der Waals surface area contributed by atoms with Gasteiger partial charge in [0, 0.05) is 12.7 Å². The summed E-state index contributed by atoms with van der Waals surface area (Å²) in [4.78, 5) is 16.5. The first-order chi connectivity index (χ1) is 13.0. The van der Waals surface area contributed by atoms with E-state index in [1.54, 1.807) is 24.6 Å². The number of carbonyl (C=O) groups excluding carboxylic acids is 1. The van der Waals surface area contributed by atoms with Gasteiger partial charge in [0.2, 0.25) is 5.91 Å². The van der Waals surface area contributed by atoms with Crippen molar-refractivity contribution in [3.8, 4) is 11.6 Å². The molecule has 1 unspecified atom stereocenters. The molecule has 3 aromatic heterocycles. The molecular weight excluding hydrogens is 386 g/mol. The molecule has 0 saturated heterocycles. The minimum atomic E-state index is -0.402. The van der Waals surface area contributed by atoms with Crippen LogP contribution >= 0.6 is 23.4 Å². The van der Waals surface area contributed by atoms with Gasteiger partial charge in [-0.3, -0.25) is 9.36 Å². The van der Waals surface area contributed by atoms with Gasteiger partial charge >= 0.3 is 0 Å². The molecule has 9 heteroatoms. The van der Waals surface area contributed by atoms with E-state index < -0.39 is 5.25 Å². The second-order valence-electron chi connectivity index (χ2n) is 6.38. The van der Waals surface area contributed by atoms with E-state index in [0.717, 1.165) is 0 Å². The van der Waals surface area contributed by atoms with E-state index in [1.807, 2.05) is 23.6 Å². The zero-order valence-corrected chi connectivity index (χ0v) is 16.8. The first-order valence-electron chi connectivity index (χ1n) is 8.50. The van der Waals surface area contributed by atoms with Crippen molar-refractivity contribution in [3.05, 3.63) is 41.9 Å². The number of halogens is 1. The predicted molar refractivity (Wildman–Crippen MR) is 106 cm³/mol. The maximum absolute atomic E-state index is 12.5. The lowest BCUT2D eigenvalue weighted by Crippen LogP contribution is -2.23. The minimum absolute atomic E-state index is 0.187. The van der Waals surface area contributed by atoms with Gasteiger partial charge in [-0.25, -0.2) is 4.98 Å². The van der Waals surface area contributed by atoms with E-state index >= 15 is 0 Å². The average Bonchev–Trinajstić information content (AvgIpc) is 3.27. The van der Waals surface area contributed by atoms with E-state index in [0.29, 0.717) is 34.9 Å². The molecule has 27 heavy (non-hydrogen) atoms. The van der Waals surface area contributed by atoms with Gasteiger partial charge in [0.05, 0.1) is 17.2 Å². The molecule has 7 nitrogen and oxygen atoms in total. The van der Waals surface area contributed by atoms with Crippen LogP contribution < -0.4 is 5.32 Å². The van der Waals surface area contributed by atoms with Crippen LogP contribution in [0.25, 0.3) is 11.6 Å². The Morgan fingerprint density at radius 1 is 1.30 bits per heavy atom. The fraction of sp³-hybridized carbons (Fsp3) is 0.333. The number of anilines is 1. The van der Waals surface area contributed by atoms with Crippen LogP contribution in [0.5, 0.6) is 0 Å². The highest BCUT2D eigenvalue weighted by atomic mass is 35.5. The normalized spacial score (nSPS) is 12.3. The predicted octanol–water partition coefficient (Wildman–Crippen LogP) is 4.36. The largest absolute Gasteiger partial charge is 0.461 e. The van der Waals surface area contributed by atoms with Crippen LogP contribution in [0, 0.1) is 5.92 Å². The number of hydrogen-bond acceptors (Lipinski definition) is 6. The summed E-state index contributed by atoms with van der Waals surface area (Å²) in [6.07, 6.45) is 3.17. The number of nitrogens with zero attached hydrogens (tertiary/aromatic N) is 4. The summed E-state index contributed by atoms with van der Waals surface area (Å²) in [5.74, 6) is 1.49. The molecule has 0 radical (unpaired) electrons. The van der Waals surface area contributed by atoms with Gasteiger partial charge < -0.3 is 9.73 Å². The van der Waals surface area contributed by atoms with E-state index in [-0.39, 0.29) is 11.1 Å². The Kier molecular flexibility index (Phi) is 6.18. The summed E-state index contributed by atoms with van der Waals surface area (Å²) in [5, 5.41) is 11.8. The van der Waals surface area contributed by atoms with E-state index in [4.69, 9.17) is 16.0 Å². The lowest BCUT2D eigenvalue weighted by molar-refractivity contribution is -0.115. The fourth-order valence-corrected chi connectivity index (χ4v) is 3.44. The zero-order chi connectivity index (χ0) is 19.4. The highest BCUT2D eigenvalue weighted by Gasteiger charge is 2.22. The maximum Gasteiger partial charge on any atom is 0.237 e. The average molecular weight is 406 g/mol. The third-order valence-corrected chi connectivity index (χ3v) is 5.06. The van der Waals surface area contributed by atoms with Gasteiger partial charge in [0.1, 0.15) is 0 Å². The van der Waals surface area contributed by atoms with E-state index in [1.165, 1.54) is 11.8 Å². The number of rotatable bonds is 7. The molecule has 0 spiro atoms. The van der Waals surface area contributed by atoms with Crippen molar-refractivity contribution in [1.29, 1.82) is 0 Å². The molecule has 1 atom stereocenters. The van der Waals surface area contributed by atoms with Crippen molar-refractivity contribution in [2.24, 2.45) is 5.92 Å². The summed E-state index contributed by atoms with van der Waals surface area (Å²) in [7, 11) is 0. The molecule has 3 heterocycles. The third-order valence-electron chi connectivity index (χ3n) is 3.67. The minimum Gasteiger partial charge on any atom is -0.461 e. The monoisotopic (exact) mass is 405 g/mol. The van der Waals surface area contributed by atoms with Crippen LogP contribution in [0.4, 0.5) is 5.69 Å². The van der Waals surface area contributed by atoms with Gasteiger partial charge in [-0.15, -0.1) is 10.2 Å². The number of pyridine rings is 1. The fourth-order valence-electron chi connectivity index (χ4n) is 2.42. The Bertz CT molecular complexity index is 910. The van der Waals surface area contributed by atoms with Crippen LogP contribution in [-0.4, -0.2) is 30.9 Å². The first-order valence-corrected chi connectivity index (χ1v) is 9.76. The highest BCUT2D eigenvalue weighted by molar-refractivity contribution is 8.00. The van der Waals surface area contributed by atoms with Gasteiger partial charge in [0.25, 0.3) is 0 Å². The Hall–Kier alpha value is -2.32. The van der Waals surface area contributed by atoms with Crippen LogP contribution in [0.15, 0.2) is 46.3 Å². The number of thioether (sulfide) groups is 1. The number of furan rings is 1. The summed E-state index contributed by atoms with van der Waals surface area (Å²) < 4.78 is 7.45. The second kappa shape index (κ2) is 8.58. The van der Waals surface area contributed by atoms with Crippen molar-refractivity contribution in [2.45, 2.75) is 37.7 Å². The van der Waals surface area contributed by atoms with Crippen molar-refractivity contribution >= 4 is 35.0 Å². The molecule has 1 N–H and O–H groups in total. The molecule has 3 aromatic rings. The number of amides is 1. The van der Waals surface area contributed by atoms with Crippen LogP contribution in [-0.2, 0) is 11.3 Å². The molecule has 0 saturated carbocycles. The van der Waals surface area contributed by atoms with Crippen molar-refractivity contribution in [2.75, 3.05) is 5.32 Å². The summed E-state index contributed by atoms with van der Waals surface area (Å²) >= 11 is 7.34.